The molecule has 1 aromatic carbocycles. The number of rotatable bonds is 7. The Labute approximate surface area is 166 Å². The molecule has 1 aliphatic heterocycles. The van der Waals surface area contributed by atoms with Gasteiger partial charge >= 0.3 is 0 Å². The minimum Gasteiger partial charge on any atom is -0.356 e. The van der Waals surface area contributed by atoms with Crippen molar-refractivity contribution in [1.82, 2.24) is 15.6 Å². The first-order valence-corrected chi connectivity index (χ1v) is 10.7. The number of nitrogens with one attached hydrogen (secondary N) is 2. The SMILES string of the molecule is CN=C(NCCc1csc(N2CCCC2)n1)NCC(C)c1ccc(C)cc1. The summed E-state index contributed by atoms with van der Waals surface area (Å²) in [4.78, 5) is 11.5. The summed E-state index contributed by atoms with van der Waals surface area (Å²) >= 11 is 1.77. The van der Waals surface area contributed by atoms with Gasteiger partial charge in [0.25, 0.3) is 0 Å². The predicted octanol–water partition coefficient (Wildman–Crippen LogP) is 3.56. The Morgan fingerprint density at radius 2 is 1.96 bits per heavy atom. The van der Waals surface area contributed by atoms with E-state index in [1.54, 1.807) is 11.3 Å². The van der Waals surface area contributed by atoms with Gasteiger partial charge in [-0.3, -0.25) is 4.99 Å². The second-order valence-electron chi connectivity index (χ2n) is 7.26. The zero-order valence-electron chi connectivity index (χ0n) is 16.7. The van der Waals surface area contributed by atoms with Crippen LogP contribution in [-0.4, -0.2) is 44.2 Å². The second kappa shape index (κ2) is 9.74. The number of hydrogen-bond acceptors (Lipinski definition) is 4. The first-order valence-electron chi connectivity index (χ1n) is 9.86. The van der Waals surface area contributed by atoms with E-state index in [4.69, 9.17) is 4.98 Å². The number of aryl methyl sites for hydroxylation is 1. The maximum absolute atomic E-state index is 4.78. The fourth-order valence-electron chi connectivity index (χ4n) is 3.26. The molecule has 1 aliphatic rings. The summed E-state index contributed by atoms with van der Waals surface area (Å²) in [5.74, 6) is 1.29. The van der Waals surface area contributed by atoms with Crippen molar-refractivity contribution < 1.29 is 0 Å². The van der Waals surface area contributed by atoms with Crippen LogP contribution in [-0.2, 0) is 6.42 Å². The molecule has 2 N–H and O–H groups in total. The summed E-state index contributed by atoms with van der Waals surface area (Å²) in [5, 5.41) is 10.2. The molecule has 1 atom stereocenters. The van der Waals surface area contributed by atoms with Gasteiger partial charge in [0.2, 0.25) is 0 Å². The molecule has 146 valence electrons. The van der Waals surface area contributed by atoms with Gasteiger partial charge in [-0.2, -0.15) is 0 Å². The second-order valence-corrected chi connectivity index (χ2v) is 8.09. The predicted molar refractivity (Wildman–Crippen MR) is 116 cm³/mol. The van der Waals surface area contributed by atoms with Gasteiger partial charge in [-0.1, -0.05) is 36.8 Å². The van der Waals surface area contributed by atoms with Crippen LogP contribution in [0.2, 0.25) is 0 Å². The molecule has 1 saturated heterocycles. The smallest absolute Gasteiger partial charge is 0.191 e. The van der Waals surface area contributed by atoms with Crippen LogP contribution in [0.3, 0.4) is 0 Å². The number of nitrogens with zero attached hydrogens (tertiary/aromatic N) is 3. The Morgan fingerprint density at radius 1 is 1.22 bits per heavy atom. The maximum Gasteiger partial charge on any atom is 0.191 e. The molecule has 2 aromatic rings. The van der Waals surface area contributed by atoms with E-state index < -0.39 is 0 Å². The van der Waals surface area contributed by atoms with Crippen molar-refractivity contribution in [3.63, 3.8) is 0 Å². The molecular formula is C21H31N5S. The van der Waals surface area contributed by atoms with Gasteiger partial charge in [-0.25, -0.2) is 4.98 Å². The van der Waals surface area contributed by atoms with Crippen LogP contribution in [0.5, 0.6) is 0 Å². The number of aromatic nitrogens is 1. The molecule has 0 aliphatic carbocycles. The van der Waals surface area contributed by atoms with Crippen molar-refractivity contribution in [2.45, 2.75) is 39.0 Å². The van der Waals surface area contributed by atoms with Crippen molar-refractivity contribution in [3.8, 4) is 0 Å². The van der Waals surface area contributed by atoms with Crippen molar-refractivity contribution in [1.29, 1.82) is 0 Å². The summed E-state index contributed by atoms with van der Waals surface area (Å²) < 4.78 is 0. The lowest BCUT2D eigenvalue weighted by Gasteiger charge is -2.16. The molecular weight excluding hydrogens is 354 g/mol. The van der Waals surface area contributed by atoms with E-state index in [1.807, 2.05) is 7.05 Å². The van der Waals surface area contributed by atoms with Crippen molar-refractivity contribution in [3.05, 3.63) is 46.5 Å². The van der Waals surface area contributed by atoms with Crippen LogP contribution in [0.25, 0.3) is 0 Å². The summed E-state index contributed by atoms with van der Waals surface area (Å²) in [7, 11) is 1.82. The van der Waals surface area contributed by atoms with E-state index in [-0.39, 0.29) is 0 Å². The van der Waals surface area contributed by atoms with Crippen molar-refractivity contribution >= 4 is 22.4 Å². The van der Waals surface area contributed by atoms with Crippen LogP contribution in [0.15, 0.2) is 34.6 Å². The van der Waals surface area contributed by atoms with Crippen LogP contribution < -0.4 is 15.5 Å². The van der Waals surface area contributed by atoms with Gasteiger partial charge < -0.3 is 15.5 Å². The van der Waals surface area contributed by atoms with E-state index in [1.165, 1.54) is 29.1 Å². The summed E-state index contributed by atoms with van der Waals surface area (Å²) in [6.07, 6.45) is 3.50. The Hall–Kier alpha value is -2.08. The lowest BCUT2D eigenvalue weighted by atomic mass is 10.0. The van der Waals surface area contributed by atoms with E-state index in [0.29, 0.717) is 5.92 Å². The van der Waals surface area contributed by atoms with E-state index in [9.17, 15) is 0 Å². The van der Waals surface area contributed by atoms with Crippen LogP contribution in [0, 0.1) is 6.92 Å². The van der Waals surface area contributed by atoms with Gasteiger partial charge in [0, 0.05) is 45.0 Å². The highest BCUT2D eigenvalue weighted by atomic mass is 32.1. The molecule has 0 spiro atoms. The molecule has 0 saturated carbocycles. The van der Waals surface area contributed by atoms with Gasteiger partial charge in [0.1, 0.15) is 0 Å². The van der Waals surface area contributed by atoms with E-state index >= 15 is 0 Å². The first kappa shape index (κ1) is 19.7. The number of anilines is 1. The van der Waals surface area contributed by atoms with Crippen LogP contribution in [0.1, 0.15) is 42.5 Å². The topological polar surface area (TPSA) is 52.6 Å². The van der Waals surface area contributed by atoms with Crippen LogP contribution >= 0.6 is 11.3 Å². The minimum atomic E-state index is 0.436. The van der Waals surface area contributed by atoms with E-state index in [0.717, 1.165) is 44.3 Å². The zero-order valence-corrected chi connectivity index (χ0v) is 17.5. The van der Waals surface area contributed by atoms with Crippen molar-refractivity contribution in [2.24, 2.45) is 4.99 Å². The number of benzene rings is 1. The maximum atomic E-state index is 4.78. The lowest BCUT2D eigenvalue weighted by Crippen LogP contribution is -2.39. The summed E-state index contributed by atoms with van der Waals surface area (Å²) in [5.41, 5.74) is 3.81. The molecule has 5 nitrogen and oxygen atoms in total. The molecule has 1 fully saturated rings. The first-order chi connectivity index (χ1) is 13.2. The molecule has 27 heavy (non-hydrogen) atoms. The van der Waals surface area contributed by atoms with Gasteiger partial charge in [-0.05, 0) is 31.2 Å². The molecule has 0 bridgehead atoms. The number of hydrogen-bond donors (Lipinski definition) is 2. The number of guanidine groups is 1. The van der Waals surface area contributed by atoms with Crippen molar-refractivity contribution in [2.75, 3.05) is 38.1 Å². The fraction of sp³-hybridized carbons (Fsp3) is 0.524. The molecule has 2 heterocycles. The summed E-state index contributed by atoms with van der Waals surface area (Å²) in [6.45, 7) is 8.36. The summed E-state index contributed by atoms with van der Waals surface area (Å²) in [6, 6.07) is 8.75. The fourth-order valence-corrected chi connectivity index (χ4v) is 4.17. The average Bonchev–Trinajstić information content (AvgIpc) is 3.36. The van der Waals surface area contributed by atoms with Gasteiger partial charge in [0.05, 0.1) is 5.69 Å². The minimum absolute atomic E-state index is 0.436. The van der Waals surface area contributed by atoms with E-state index in [2.05, 4.69) is 64.0 Å². The standard InChI is InChI=1S/C21H31N5S/c1-16-6-8-18(9-7-16)17(2)14-24-20(22-3)23-11-10-19-15-27-21(25-19)26-12-4-5-13-26/h6-9,15,17H,4-5,10-14H2,1-3H3,(H2,22,23,24). The Morgan fingerprint density at radius 3 is 2.67 bits per heavy atom. The lowest BCUT2D eigenvalue weighted by molar-refractivity contribution is 0.696. The normalized spacial score (nSPS) is 15.8. The highest BCUT2D eigenvalue weighted by molar-refractivity contribution is 7.13. The molecule has 3 rings (SSSR count). The Kier molecular flexibility index (Phi) is 7.10. The highest BCUT2D eigenvalue weighted by Gasteiger charge is 2.15. The Bertz CT molecular complexity index is 731. The van der Waals surface area contributed by atoms with Gasteiger partial charge in [-0.15, -0.1) is 11.3 Å². The molecule has 1 unspecified atom stereocenters. The third kappa shape index (κ3) is 5.70. The average molecular weight is 386 g/mol. The monoisotopic (exact) mass is 385 g/mol. The van der Waals surface area contributed by atoms with Crippen LogP contribution in [0.4, 0.5) is 5.13 Å². The molecule has 6 heteroatoms. The number of aliphatic imine (C=N–C) groups is 1. The molecule has 0 radical (unpaired) electrons. The third-order valence-electron chi connectivity index (χ3n) is 5.04. The molecule has 1 aromatic heterocycles. The Balaban J connectivity index is 1.40. The largest absolute Gasteiger partial charge is 0.356 e. The number of thiazole rings is 1. The van der Waals surface area contributed by atoms with Gasteiger partial charge in [0.15, 0.2) is 11.1 Å². The molecule has 0 amide bonds. The highest BCUT2D eigenvalue weighted by Crippen LogP contribution is 2.24. The zero-order chi connectivity index (χ0) is 19.1. The quantitative estimate of drug-likeness (QED) is 0.565. The third-order valence-corrected chi connectivity index (χ3v) is 5.99.